The zero-order valence-corrected chi connectivity index (χ0v) is 37.5. The zero-order chi connectivity index (χ0) is 43.6. The molecule has 0 aromatic heterocycles. The number of hydrogen-bond donors (Lipinski definition) is 3. The summed E-state index contributed by atoms with van der Waals surface area (Å²) in [7, 11) is 8.32. The number of ether oxygens (including phenoxy) is 6. The van der Waals surface area contributed by atoms with Crippen molar-refractivity contribution in [1.29, 1.82) is 0 Å². The molecule has 1 saturated heterocycles. The van der Waals surface area contributed by atoms with E-state index < -0.39 is 93.9 Å². The Bertz CT molecular complexity index is 1720. The number of hydrogen-bond acceptors (Lipinski definition) is 12. The molecule has 5 saturated carbocycles. The van der Waals surface area contributed by atoms with E-state index in [0.717, 1.165) is 44.9 Å². The number of methoxy groups -OCH3 is 4. The highest BCUT2D eigenvalue weighted by molar-refractivity contribution is 5.89. The summed E-state index contributed by atoms with van der Waals surface area (Å²) >= 11 is 0. The van der Waals surface area contributed by atoms with E-state index in [4.69, 9.17) is 28.4 Å². The maximum Gasteiger partial charge on any atom is 0.338 e. The number of likely N-dealkylation sites (tertiary alicyclic amines) is 1. The van der Waals surface area contributed by atoms with Crippen LogP contribution >= 0.6 is 0 Å². The van der Waals surface area contributed by atoms with Crippen LogP contribution in [0.1, 0.15) is 114 Å². The largest absolute Gasteiger partial charge is 0.458 e. The summed E-state index contributed by atoms with van der Waals surface area (Å²) in [5.41, 5.74) is -7.03. The minimum Gasteiger partial charge on any atom is -0.458 e. The molecule has 6 aliphatic rings. The van der Waals surface area contributed by atoms with Gasteiger partial charge in [-0.1, -0.05) is 81.5 Å². The smallest absolute Gasteiger partial charge is 0.338 e. The van der Waals surface area contributed by atoms with Gasteiger partial charge in [-0.3, -0.25) is 4.79 Å². The van der Waals surface area contributed by atoms with Gasteiger partial charge in [0, 0.05) is 89.4 Å². The average Bonchev–Trinajstić information content (AvgIpc) is 3.62. The van der Waals surface area contributed by atoms with E-state index in [-0.39, 0.29) is 37.9 Å². The van der Waals surface area contributed by atoms with Crippen LogP contribution in [-0.2, 0) is 33.2 Å². The van der Waals surface area contributed by atoms with Crippen molar-refractivity contribution >= 4 is 11.9 Å². The van der Waals surface area contributed by atoms with Crippen LogP contribution in [0.2, 0.25) is 0 Å². The molecule has 1 aromatic rings. The number of allylic oxidation sites excluding steroid dienone is 4. The van der Waals surface area contributed by atoms with Crippen molar-refractivity contribution in [3.8, 4) is 0 Å². The Morgan fingerprint density at radius 1 is 0.852 bits per heavy atom. The van der Waals surface area contributed by atoms with E-state index in [9.17, 15) is 24.9 Å². The van der Waals surface area contributed by atoms with Gasteiger partial charge in [0.2, 0.25) is 0 Å². The molecule has 3 N–H and O–H groups in total. The Labute approximate surface area is 363 Å². The molecule has 7 rings (SSSR count). The summed E-state index contributed by atoms with van der Waals surface area (Å²) < 4.78 is 38.5. The first-order valence-corrected chi connectivity index (χ1v) is 23.1. The highest BCUT2D eigenvalue weighted by Crippen LogP contribution is 2.81. The van der Waals surface area contributed by atoms with Crippen molar-refractivity contribution < 1.29 is 53.3 Å². The SMILES string of the molecule is CCCCC/C=C\C/C=C\CCCCCCCC(=O)O[C@]12C[C@H](OC)[C@]3(O)C[C@](O)([C@@H]1[C@H]3OC(=O)c1ccccc1)[C@@]13[C@@H](OC)C[C@@H](O)[C@@]4(COC)CN(C)[C@@H]1[C@@H]2[C@H](OC)[C@H]43. The van der Waals surface area contributed by atoms with Crippen LogP contribution in [0.15, 0.2) is 54.6 Å². The molecule has 12 heteroatoms. The van der Waals surface area contributed by atoms with Crippen LogP contribution in [0.5, 0.6) is 0 Å². The van der Waals surface area contributed by atoms with Gasteiger partial charge in [-0.25, -0.2) is 4.79 Å². The normalized spacial score (nSPS) is 40.8. The van der Waals surface area contributed by atoms with Crippen LogP contribution in [0.3, 0.4) is 0 Å². The maximum atomic E-state index is 14.5. The van der Waals surface area contributed by atoms with Crippen molar-refractivity contribution in [3.63, 3.8) is 0 Å². The van der Waals surface area contributed by atoms with Crippen molar-refractivity contribution in [3.05, 3.63) is 60.2 Å². The first-order chi connectivity index (χ1) is 29.4. The minimum absolute atomic E-state index is 0.0510. The van der Waals surface area contributed by atoms with Gasteiger partial charge in [0.25, 0.3) is 0 Å². The zero-order valence-electron chi connectivity index (χ0n) is 37.5. The van der Waals surface area contributed by atoms with Gasteiger partial charge in [-0.15, -0.1) is 0 Å². The Kier molecular flexibility index (Phi) is 14.3. The van der Waals surface area contributed by atoms with Gasteiger partial charge in [0.1, 0.15) is 17.3 Å². The van der Waals surface area contributed by atoms with E-state index in [1.54, 1.807) is 51.7 Å². The second-order valence-electron chi connectivity index (χ2n) is 19.2. The fraction of sp³-hybridized carbons (Fsp3) is 0.755. The maximum absolute atomic E-state index is 14.5. The first kappa shape index (κ1) is 46.3. The number of aliphatic hydroxyl groups is 3. The number of fused-ring (bicyclic) bond motifs is 2. The topological polar surface area (TPSA) is 153 Å². The molecule has 1 aliphatic heterocycles. The lowest BCUT2D eigenvalue weighted by Gasteiger charge is -2.71. The third-order valence-electron chi connectivity index (χ3n) is 16.2. The van der Waals surface area contributed by atoms with E-state index in [2.05, 4.69) is 36.1 Å². The number of piperidine rings is 1. The number of rotatable bonds is 22. The molecule has 5 aliphatic carbocycles. The van der Waals surface area contributed by atoms with Crippen LogP contribution < -0.4 is 0 Å². The highest BCUT2D eigenvalue weighted by Gasteiger charge is 2.95. The molecule has 1 spiro atoms. The van der Waals surface area contributed by atoms with Gasteiger partial charge in [0.15, 0.2) is 0 Å². The number of carbonyl (C=O) groups excluding carboxylic acids is 2. The molecular weight excluding hydrogens is 779 g/mol. The highest BCUT2D eigenvalue weighted by atomic mass is 16.6. The summed E-state index contributed by atoms with van der Waals surface area (Å²) in [5.74, 6) is -3.30. The molecular formula is C49H73NO11. The van der Waals surface area contributed by atoms with Gasteiger partial charge >= 0.3 is 11.9 Å². The number of carbonyl (C=O) groups is 2. The summed E-state index contributed by atoms with van der Waals surface area (Å²) in [5, 5.41) is 39.3. The van der Waals surface area contributed by atoms with E-state index in [1.807, 2.05) is 7.05 Å². The van der Waals surface area contributed by atoms with Crippen molar-refractivity contribution in [2.24, 2.45) is 28.6 Å². The minimum atomic E-state index is -1.86. The van der Waals surface area contributed by atoms with Crippen LogP contribution in [0.25, 0.3) is 0 Å². The molecule has 7 bridgehead atoms. The van der Waals surface area contributed by atoms with Gasteiger partial charge in [-0.2, -0.15) is 0 Å². The second kappa shape index (κ2) is 18.8. The number of esters is 2. The first-order valence-electron chi connectivity index (χ1n) is 23.1. The summed E-state index contributed by atoms with van der Waals surface area (Å²) in [6.07, 6.45) is 16.3. The van der Waals surface area contributed by atoms with Crippen molar-refractivity contribution in [2.45, 2.75) is 157 Å². The predicted molar refractivity (Wildman–Crippen MR) is 230 cm³/mol. The Morgan fingerprint density at radius 3 is 2.18 bits per heavy atom. The molecule has 0 radical (unpaired) electrons. The van der Waals surface area contributed by atoms with Gasteiger partial charge in [-0.05, 0) is 57.7 Å². The van der Waals surface area contributed by atoms with E-state index in [0.29, 0.717) is 13.0 Å². The molecule has 61 heavy (non-hydrogen) atoms. The lowest BCUT2D eigenvalue weighted by Crippen LogP contribution is -2.83. The fourth-order valence-corrected chi connectivity index (χ4v) is 14.2. The molecule has 12 nitrogen and oxygen atoms in total. The van der Waals surface area contributed by atoms with Crippen LogP contribution in [0.4, 0.5) is 0 Å². The molecule has 14 atom stereocenters. The van der Waals surface area contributed by atoms with Gasteiger partial charge < -0.3 is 48.6 Å². The Morgan fingerprint density at radius 2 is 1.52 bits per heavy atom. The molecule has 6 fully saturated rings. The third-order valence-corrected chi connectivity index (χ3v) is 16.2. The van der Waals surface area contributed by atoms with Crippen LogP contribution in [0, 0.1) is 28.6 Å². The molecule has 0 unspecified atom stereocenters. The number of nitrogens with zero attached hydrogens (tertiary/aromatic N) is 1. The summed E-state index contributed by atoms with van der Waals surface area (Å²) in [6, 6.07) is 8.10. The summed E-state index contributed by atoms with van der Waals surface area (Å²) in [4.78, 5) is 30.7. The second-order valence-corrected chi connectivity index (χ2v) is 19.2. The number of aliphatic hydroxyl groups excluding tert-OH is 1. The average molecular weight is 852 g/mol. The molecule has 0 amide bonds. The lowest BCUT2D eigenvalue weighted by molar-refractivity contribution is -0.340. The van der Waals surface area contributed by atoms with Gasteiger partial charge in [0.05, 0.1) is 48.1 Å². The standard InChI is InChI=1S/C49H73NO11/c1-7-8-9-10-11-12-13-14-15-16-17-18-19-20-24-27-37(52)61-47-29-36(58-5)46(54)30-48(55,41(47)43(46)60-44(53)33-25-22-21-23-26-33)49-35(57-4)28-34(51)45(32-56-3)31-50(2)42(49)38(47)39(59-6)40(45)49/h11-12,14-15,21-23,25-26,34-36,38-43,51,54-55H,7-10,13,16-20,24,27-32H2,1-6H3/b12-11-,15-14-/t34-,35+,36+,38+,39+,40-,41-,42-,43-,45+,46-,47+,48+,49-/m1/s1. The van der Waals surface area contributed by atoms with E-state index in [1.165, 1.54) is 26.4 Å². The molecule has 1 aromatic carbocycles. The number of benzene rings is 1. The Balaban J connectivity index is 1.18. The Hall–Kier alpha value is -2.68. The number of unbranched alkanes of at least 4 members (excludes halogenated alkanes) is 8. The van der Waals surface area contributed by atoms with Crippen molar-refractivity contribution in [2.75, 3.05) is 48.6 Å². The van der Waals surface area contributed by atoms with Crippen LogP contribution in [-0.4, -0.2) is 134 Å². The summed E-state index contributed by atoms with van der Waals surface area (Å²) in [6.45, 7) is 2.84. The lowest BCUT2D eigenvalue weighted by atomic mass is 9.41. The molecule has 1 heterocycles. The molecule has 340 valence electrons. The van der Waals surface area contributed by atoms with Crippen molar-refractivity contribution in [1.82, 2.24) is 4.90 Å². The monoisotopic (exact) mass is 852 g/mol. The predicted octanol–water partition coefficient (Wildman–Crippen LogP) is 6.20. The third kappa shape index (κ3) is 7.37. The van der Waals surface area contributed by atoms with E-state index >= 15 is 0 Å². The quantitative estimate of drug-likeness (QED) is 0.0693. The fourth-order valence-electron chi connectivity index (χ4n) is 14.2.